The predicted octanol–water partition coefficient (Wildman–Crippen LogP) is 2.08. The Morgan fingerprint density at radius 2 is 2.20 bits per heavy atom. The van der Waals surface area contributed by atoms with Gasteiger partial charge in [0.1, 0.15) is 18.2 Å². The van der Waals surface area contributed by atoms with Crippen molar-refractivity contribution in [2.45, 2.75) is 51.1 Å². The number of carbonyl (C=O) groups is 1. The number of nitriles is 1. The molecule has 0 aromatic carbocycles. The minimum Gasteiger partial charge on any atom is -0.312 e. The molecule has 0 bridgehead atoms. The number of nitro groups is 1. The molecule has 0 saturated heterocycles. The van der Waals surface area contributed by atoms with Crippen molar-refractivity contribution < 1.29 is 9.72 Å². The fourth-order valence-electron chi connectivity index (χ4n) is 3.11. The predicted molar refractivity (Wildman–Crippen MR) is 88.5 cm³/mol. The molecule has 1 aromatic heterocycles. The monoisotopic (exact) mass is 342 g/mol. The Hall–Kier alpha value is -2.95. The Balaban J connectivity index is 1.90. The lowest BCUT2D eigenvalue weighted by molar-refractivity contribution is -0.385. The van der Waals surface area contributed by atoms with Crippen molar-refractivity contribution in [3.63, 3.8) is 0 Å². The molecule has 2 aliphatic carbocycles. The zero-order chi connectivity index (χ0) is 18.0. The van der Waals surface area contributed by atoms with Crippen LogP contribution in [0.5, 0.6) is 0 Å². The third-order valence-electron chi connectivity index (χ3n) is 4.47. The molecule has 0 atom stereocenters. The van der Waals surface area contributed by atoms with Gasteiger partial charge >= 0.3 is 0 Å². The Kier molecular flexibility index (Phi) is 4.65. The lowest BCUT2D eigenvalue weighted by atomic mass is 10.0. The van der Waals surface area contributed by atoms with E-state index in [4.69, 9.17) is 5.26 Å². The number of hydrogen-bond donors (Lipinski definition) is 0. The Bertz CT molecular complexity index is 845. The van der Waals surface area contributed by atoms with Gasteiger partial charge in [0.25, 0.3) is 11.2 Å². The number of amides is 1. The molecule has 1 aromatic rings. The second-order valence-corrected chi connectivity index (χ2v) is 6.35. The summed E-state index contributed by atoms with van der Waals surface area (Å²) in [5, 5.41) is 20.0. The Labute approximate surface area is 144 Å². The van der Waals surface area contributed by atoms with Gasteiger partial charge in [0, 0.05) is 17.8 Å². The van der Waals surface area contributed by atoms with Crippen LogP contribution in [0.1, 0.15) is 44.1 Å². The van der Waals surface area contributed by atoms with E-state index in [9.17, 15) is 19.7 Å². The SMILES string of the molecule is N#Cc1cc([N+](=O)[O-])cn(CC(=O)N(C2=CCCCC2)C2CC2)c1=O. The fourth-order valence-corrected chi connectivity index (χ4v) is 3.11. The molecular weight excluding hydrogens is 324 g/mol. The number of nitrogens with zero attached hydrogens (tertiary/aromatic N) is 4. The van der Waals surface area contributed by atoms with Gasteiger partial charge in [-0.1, -0.05) is 6.08 Å². The lowest BCUT2D eigenvalue weighted by Gasteiger charge is -2.28. The fraction of sp³-hybridized carbons (Fsp3) is 0.471. The van der Waals surface area contributed by atoms with Gasteiger partial charge < -0.3 is 4.90 Å². The number of carbonyl (C=O) groups excluding carboxylic acids is 1. The van der Waals surface area contributed by atoms with Crippen LogP contribution in [0.3, 0.4) is 0 Å². The van der Waals surface area contributed by atoms with E-state index in [0.29, 0.717) is 0 Å². The van der Waals surface area contributed by atoms with Gasteiger partial charge in [-0.2, -0.15) is 5.26 Å². The van der Waals surface area contributed by atoms with Crippen molar-refractivity contribution >= 4 is 11.6 Å². The second-order valence-electron chi connectivity index (χ2n) is 6.35. The maximum Gasteiger partial charge on any atom is 0.287 e. The Morgan fingerprint density at radius 1 is 1.44 bits per heavy atom. The molecule has 130 valence electrons. The van der Waals surface area contributed by atoms with E-state index in [1.165, 1.54) is 0 Å². The van der Waals surface area contributed by atoms with Gasteiger partial charge in [-0.3, -0.25) is 24.3 Å². The van der Waals surface area contributed by atoms with Gasteiger partial charge in [-0.05, 0) is 38.5 Å². The van der Waals surface area contributed by atoms with E-state index in [-0.39, 0.29) is 29.7 Å². The summed E-state index contributed by atoms with van der Waals surface area (Å²) in [6.45, 7) is -0.303. The maximum atomic E-state index is 12.8. The molecule has 1 heterocycles. The molecule has 0 unspecified atom stereocenters. The summed E-state index contributed by atoms with van der Waals surface area (Å²) >= 11 is 0. The van der Waals surface area contributed by atoms with E-state index in [2.05, 4.69) is 6.08 Å². The standard InChI is InChI=1S/C17H18N4O4/c18-9-12-8-15(21(24)25)10-19(17(12)23)11-16(22)20(14-6-7-14)13-4-2-1-3-5-13/h4,8,10,14H,1-3,5-7,11H2. The van der Waals surface area contributed by atoms with Crippen molar-refractivity contribution in [1.29, 1.82) is 5.26 Å². The van der Waals surface area contributed by atoms with Gasteiger partial charge in [0.15, 0.2) is 0 Å². The summed E-state index contributed by atoms with van der Waals surface area (Å²) < 4.78 is 0.970. The number of pyridine rings is 1. The minimum atomic E-state index is -0.685. The summed E-state index contributed by atoms with van der Waals surface area (Å²) in [5.74, 6) is -0.262. The molecule has 0 aliphatic heterocycles. The van der Waals surface area contributed by atoms with E-state index in [0.717, 1.165) is 61.1 Å². The molecule has 1 saturated carbocycles. The van der Waals surface area contributed by atoms with Gasteiger partial charge in [0.2, 0.25) is 5.91 Å². The largest absolute Gasteiger partial charge is 0.312 e. The normalized spacial score (nSPS) is 16.7. The molecule has 25 heavy (non-hydrogen) atoms. The first-order valence-electron chi connectivity index (χ1n) is 8.31. The van der Waals surface area contributed by atoms with Crippen LogP contribution < -0.4 is 5.56 Å². The number of hydrogen-bond acceptors (Lipinski definition) is 5. The minimum absolute atomic E-state index is 0.154. The van der Waals surface area contributed by atoms with Crippen molar-refractivity contribution in [2.75, 3.05) is 0 Å². The van der Waals surface area contributed by atoms with Crippen LogP contribution in [0.15, 0.2) is 28.8 Å². The summed E-state index contributed by atoms with van der Waals surface area (Å²) in [6.07, 6.45) is 8.84. The highest BCUT2D eigenvalue weighted by Crippen LogP contribution is 2.33. The van der Waals surface area contributed by atoms with Crippen molar-refractivity contribution in [3.8, 4) is 6.07 Å². The van der Waals surface area contributed by atoms with Crippen molar-refractivity contribution in [3.05, 3.63) is 50.1 Å². The lowest BCUT2D eigenvalue weighted by Crippen LogP contribution is -2.38. The van der Waals surface area contributed by atoms with E-state index >= 15 is 0 Å². The van der Waals surface area contributed by atoms with Gasteiger partial charge in [0.05, 0.1) is 11.1 Å². The Morgan fingerprint density at radius 3 is 2.76 bits per heavy atom. The molecule has 0 spiro atoms. The summed E-state index contributed by atoms with van der Waals surface area (Å²) in [4.78, 5) is 37.1. The second kappa shape index (κ2) is 6.89. The molecule has 3 rings (SSSR count). The van der Waals surface area contributed by atoms with Crippen LogP contribution in [0.4, 0.5) is 5.69 Å². The summed E-state index contributed by atoms with van der Waals surface area (Å²) in [5.41, 5.74) is -0.414. The van der Waals surface area contributed by atoms with Crippen LogP contribution in [0.2, 0.25) is 0 Å². The smallest absolute Gasteiger partial charge is 0.287 e. The van der Waals surface area contributed by atoms with Crippen LogP contribution in [0.25, 0.3) is 0 Å². The molecule has 2 aliphatic rings. The number of aromatic nitrogens is 1. The topological polar surface area (TPSA) is 109 Å². The van der Waals surface area contributed by atoms with Crippen LogP contribution in [-0.2, 0) is 11.3 Å². The van der Waals surface area contributed by atoms with E-state index in [1.807, 2.05) is 0 Å². The molecule has 8 nitrogen and oxygen atoms in total. The quantitative estimate of drug-likeness (QED) is 0.601. The van der Waals surface area contributed by atoms with E-state index < -0.39 is 10.5 Å². The van der Waals surface area contributed by atoms with Crippen LogP contribution in [0, 0.1) is 21.4 Å². The molecule has 0 radical (unpaired) electrons. The first kappa shape index (κ1) is 16.9. The maximum absolute atomic E-state index is 12.8. The molecule has 0 N–H and O–H groups in total. The first-order chi connectivity index (χ1) is 12.0. The number of rotatable bonds is 5. The first-order valence-corrected chi connectivity index (χ1v) is 8.31. The summed E-state index contributed by atoms with van der Waals surface area (Å²) in [7, 11) is 0. The van der Waals surface area contributed by atoms with Crippen LogP contribution in [-0.4, -0.2) is 26.3 Å². The van der Waals surface area contributed by atoms with Crippen LogP contribution >= 0.6 is 0 Å². The molecule has 1 amide bonds. The molecule has 8 heteroatoms. The number of allylic oxidation sites excluding steroid dienone is 2. The van der Waals surface area contributed by atoms with Crippen molar-refractivity contribution in [1.82, 2.24) is 9.47 Å². The molecule has 1 fully saturated rings. The highest BCUT2D eigenvalue weighted by molar-refractivity contribution is 5.78. The highest BCUT2D eigenvalue weighted by Gasteiger charge is 2.35. The average molecular weight is 342 g/mol. The molecular formula is C17H18N4O4. The average Bonchev–Trinajstić information content (AvgIpc) is 3.42. The zero-order valence-corrected chi connectivity index (χ0v) is 13.7. The zero-order valence-electron chi connectivity index (χ0n) is 13.7. The van der Waals surface area contributed by atoms with Gasteiger partial charge in [-0.15, -0.1) is 0 Å². The van der Waals surface area contributed by atoms with Gasteiger partial charge in [-0.25, -0.2) is 0 Å². The third-order valence-corrected chi connectivity index (χ3v) is 4.47. The van der Waals surface area contributed by atoms with Crippen molar-refractivity contribution in [2.24, 2.45) is 0 Å². The summed E-state index contributed by atoms with van der Waals surface area (Å²) in [6, 6.07) is 2.75. The third kappa shape index (κ3) is 3.60. The highest BCUT2D eigenvalue weighted by atomic mass is 16.6. The van der Waals surface area contributed by atoms with E-state index in [1.54, 1.807) is 11.0 Å².